The Labute approximate surface area is 165 Å². The standard InChI is InChI=1S/C16H32F3N5O3S/c1-5-27-14(8-9-23(3)4)12-21-15(20-2)22-13-6-10-24(11-7-13)28(25,26)16(17,18)19/h13-14H,5-12H2,1-4H3,(H2,20,21,22). The molecule has 0 aromatic rings. The highest BCUT2D eigenvalue weighted by atomic mass is 32.2. The predicted molar refractivity (Wildman–Crippen MR) is 103 cm³/mol. The number of guanidine groups is 1. The Hall–Kier alpha value is -1.11. The summed E-state index contributed by atoms with van der Waals surface area (Å²) >= 11 is 0. The maximum absolute atomic E-state index is 12.6. The van der Waals surface area contributed by atoms with E-state index in [0.29, 0.717) is 23.4 Å². The minimum atomic E-state index is -5.26. The highest BCUT2D eigenvalue weighted by Gasteiger charge is 2.50. The Morgan fingerprint density at radius 2 is 1.93 bits per heavy atom. The van der Waals surface area contributed by atoms with Crippen LogP contribution in [0.15, 0.2) is 4.99 Å². The average molecular weight is 432 g/mol. The van der Waals surface area contributed by atoms with E-state index in [-0.39, 0.29) is 38.1 Å². The van der Waals surface area contributed by atoms with Crippen LogP contribution in [-0.4, -0.2) is 95.2 Å². The second kappa shape index (κ2) is 11.2. The largest absolute Gasteiger partial charge is 0.511 e. The number of nitrogens with one attached hydrogen (secondary N) is 2. The molecule has 0 radical (unpaired) electrons. The van der Waals surface area contributed by atoms with E-state index in [4.69, 9.17) is 4.74 Å². The lowest BCUT2D eigenvalue weighted by Gasteiger charge is -2.32. The second-order valence-corrected chi connectivity index (χ2v) is 8.82. The first kappa shape index (κ1) is 24.9. The monoisotopic (exact) mass is 431 g/mol. The summed E-state index contributed by atoms with van der Waals surface area (Å²) in [7, 11) is 0.323. The fraction of sp³-hybridized carbons (Fsp3) is 0.938. The van der Waals surface area contributed by atoms with Gasteiger partial charge in [0.15, 0.2) is 5.96 Å². The van der Waals surface area contributed by atoms with Gasteiger partial charge in [-0.15, -0.1) is 0 Å². The molecule has 0 saturated carbocycles. The number of ether oxygens (including phenoxy) is 1. The Morgan fingerprint density at radius 1 is 1.32 bits per heavy atom. The zero-order valence-electron chi connectivity index (χ0n) is 16.9. The van der Waals surface area contributed by atoms with Gasteiger partial charge in [-0.2, -0.15) is 17.5 Å². The third-order valence-electron chi connectivity index (χ3n) is 4.45. The van der Waals surface area contributed by atoms with Crippen molar-refractivity contribution in [2.24, 2.45) is 4.99 Å². The van der Waals surface area contributed by atoms with Gasteiger partial charge in [-0.05, 0) is 40.3 Å². The van der Waals surface area contributed by atoms with E-state index in [9.17, 15) is 21.6 Å². The number of aliphatic imine (C=N–C) groups is 1. The highest BCUT2D eigenvalue weighted by molar-refractivity contribution is 7.90. The Bertz CT molecular complexity index is 591. The third-order valence-corrected chi connectivity index (χ3v) is 6.08. The molecule has 1 aliphatic heterocycles. The molecule has 1 fully saturated rings. The molecular formula is C16H32F3N5O3S. The average Bonchev–Trinajstić information content (AvgIpc) is 2.62. The highest BCUT2D eigenvalue weighted by Crippen LogP contribution is 2.28. The van der Waals surface area contributed by atoms with Gasteiger partial charge in [0.05, 0.1) is 6.10 Å². The quantitative estimate of drug-likeness (QED) is 0.415. The molecule has 0 amide bonds. The lowest BCUT2D eigenvalue weighted by atomic mass is 10.1. The van der Waals surface area contributed by atoms with Crippen LogP contribution in [0, 0.1) is 0 Å². The SMILES string of the molecule is CCOC(CCN(C)C)CNC(=NC)NC1CCN(S(=O)(=O)C(F)(F)F)CC1. The molecule has 0 aromatic carbocycles. The molecule has 0 aromatic heterocycles. The fourth-order valence-electron chi connectivity index (χ4n) is 2.87. The van der Waals surface area contributed by atoms with Gasteiger partial charge in [0.1, 0.15) is 0 Å². The Kier molecular flexibility index (Phi) is 9.95. The van der Waals surface area contributed by atoms with E-state index in [0.717, 1.165) is 13.0 Å². The molecule has 1 rings (SSSR count). The second-order valence-electron chi connectivity index (χ2n) is 6.89. The van der Waals surface area contributed by atoms with Gasteiger partial charge in [0.25, 0.3) is 0 Å². The van der Waals surface area contributed by atoms with Crippen molar-refractivity contribution in [3.8, 4) is 0 Å². The van der Waals surface area contributed by atoms with E-state index in [2.05, 4.69) is 20.5 Å². The van der Waals surface area contributed by atoms with Gasteiger partial charge in [0.2, 0.25) is 0 Å². The van der Waals surface area contributed by atoms with Crippen LogP contribution >= 0.6 is 0 Å². The number of rotatable bonds is 9. The molecule has 1 heterocycles. The van der Waals surface area contributed by atoms with Gasteiger partial charge >= 0.3 is 15.5 Å². The summed E-state index contributed by atoms with van der Waals surface area (Å²) < 4.78 is 67.1. The minimum Gasteiger partial charge on any atom is -0.377 e. The molecule has 1 saturated heterocycles. The van der Waals surface area contributed by atoms with Crippen molar-refractivity contribution in [2.75, 3.05) is 53.9 Å². The fourth-order valence-corrected chi connectivity index (χ4v) is 3.85. The number of alkyl halides is 3. The summed E-state index contributed by atoms with van der Waals surface area (Å²) in [6, 6.07) is -0.154. The van der Waals surface area contributed by atoms with Gasteiger partial charge in [-0.25, -0.2) is 8.42 Å². The molecule has 0 aliphatic carbocycles. The van der Waals surface area contributed by atoms with Crippen molar-refractivity contribution >= 4 is 16.0 Å². The van der Waals surface area contributed by atoms with Crippen molar-refractivity contribution in [3.05, 3.63) is 0 Å². The zero-order chi connectivity index (χ0) is 21.4. The lowest BCUT2D eigenvalue weighted by molar-refractivity contribution is -0.0494. The van der Waals surface area contributed by atoms with E-state index in [1.54, 1.807) is 7.05 Å². The first-order valence-corrected chi connectivity index (χ1v) is 10.7. The summed E-state index contributed by atoms with van der Waals surface area (Å²) in [6.07, 6.45) is 1.39. The molecule has 0 spiro atoms. The number of nitrogens with zero attached hydrogens (tertiary/aromatic N) is 3. The van der Waals surface area contributed by atoms with Crippen molar-refractivity contribution in [3.63, 3.8) is 0 Å². The Morgan fingerprint density at radius 3 is 2.39 bits per heavy atom. The topological polar surface area (TPSA) is 86.3 Å². The predicted octanol–water partition coefficient (Wildman–Crippen LogP) is 0.822. The van der Waals surface area contributed by atoms with Crippen LogP contribution in [0.2, 0.25) is 0 Å². The van der Waals surface area contributed by atoms with Crippen LogP contribution in [0.5, 0.6) is 0 Å². The van der Waals surface area contributed by atoms with E-state index >= 15 is 0 Å². The summed E-state index contributed by atoms with van der Waals surface area (Å²) in [6.45, 7) is 3.59. The normalized spacial score (nSPS) is 19.1. The maximum atomic E-state index is 12.6. The molecule has 0 bridgehead atoms. The van der Waals surface area contributed by atoms with Gasteiger partial charge in [-0.3, -0.25) is 4.99 Å². The number of halogens is 3. The molecular weight excluding hydrogens is 399 g/mol. The first-order chi connectivity index (χ1) is 13.0. The number of sulfonamides is 1. The molecule has 166 valence electrons. The smallest absolute Gasteiger partial charge is 0.377 e. The van der Waals surface area contributed by atoms with Crippen LogP contribution in [-0.2, 0) is 14.8 Å². The van der Waals surface area contributed by atoms with Crippen molar-refractivity contribution < 1.29 is 26.3 Å². The maximum Gasteiger partial charge on any atom is 0.511 e. The third kappa shape index (κ3) is 7.72. The van der Waals surface area contributed by atoms with Crippen molar-refractivity contribution in [1.82, 2.24) is 19.8 Å². The molecule has 28 heavy (non-hydrogen) atoms. The van der Waals surface area contributed by atoms with E-state index < -0.39 is 15.5 Å². The lowest BCUT2D eigenvalue weighted by Crippen LogP contribution is -2.52. The van der Waals surface area contributed by atoms with Crippen LogP contribution in [0.3, 0.4) is 0 Å². The molecule has 8 nitrogen and oxygen atoms in total. The van der Waals surface area contributed by atoms with Crippen LogP contribution in [0.4, 0.5) is 13.2 Å². The van der Waals surface area contributed by atoms with Crippen LogP contribution in [0.1, 0.15) is 26.2 Å². The molecule has 1 unspecified atom stereocenters. The van der Waals surface area contributed by atoms with Crippen molar-refractivity contribution in [1.29, 1.82) is 0 Å². The minimum absolute atomic E-state index is 0.00438. The molecule has 12 heteroatoms. The van der Waals surface area contributed by atoms with Crippen LogP contribution in [0.25, 0.3) is 0 Å². The summed E-state index contributed by atoms with van der Waals surface area (Å²) in [5.41, 5.74) is -5.26. The first-order valence-electron chi connectivity index (χ1n) is 9.31. The van der Waals surface area contributed by atoms with Crippen LogP contribution < -0.4 is 10.6 Å². The number of piperidine rings is 1. The van der Waals surface area contributed by atoms with Gasteiger partial charge < -0.3 is 20.3 Å². The molecule has 1 aliphatic rings. The van der Waals surface area contributed by atoms with Gasteiger partial charge in [0, 0.05) is 45.9 Å². The van der Waals surface area contributed by atoms with Gasteiger partial charge in [-0.1, -0.05) is 0 Å². The number of hydrogen-bond donors (Lipinski definition) is 2. The summed E-state index contributed by atoms with van der Waals surface area (Å²) in [5.74, 6) is 0.520. The van der Waals surface area contributed by atoms with E-state index in [1.165, 1.54) is 0 Å². The molecule has 2 N–H and O–H groups in total. The summed E-state index contributed by atoms with van der Waals surface area (Å²) in [5, 5.41) is 6.32. The number of hydrogen-bond acceptors (Lipinski definition) is 5. The summed E-state index contributed by atoms with van der Waals surface area (Å²) in [4.78, 5) is 6.20. The Balaban J connectivity index is 2.50. The zero-order valence-corrected chi connectivity index (χ0v) is 17.7. The van der Waals surface area contributed by atoms with Crippen molar-refractivity contribution in [2.45, 2.75) is 43.8 Å². The van der Waals surface area contributed by atoms with E-state index in [1.807, 2.05) is 21.0 Å². The molecule has 1 atom stereocenters.